The summed E-state index contributed by atoms with van der Waals surface area (Å²) in [7, 11) is 0. The van der Waals surface area contributed by atoms with Gasteiger partial charge in [-0.2, -0.15) is 0 Å². The minimum absolute atomic E-state index is 0.0104. The van der Waals surface area contributed by atoms with Crippen molar-refractivity contribution in [3.05, 3.63) is 78.1 Å². The van der Waals surface area contributed by atoms with Crippen LogP contribution in [0.5, 0.6) is 0 Å². The van der Waals surface area contributed by atoms with Crippen LogP contribution in [-0.2, 0) is 17.8 Å². The molecular formula is C30H31N5O2. The van der Waals surface area contributed by atoms with Gasteiger partial charge in [0.15, 0.2) is 5.82 Å². The first-order valence-corrected chi connectivity index (χ1v) is 13.3. The molecule has 3 heterocycles. The first kappa shape index (κ1) is 23.4. The first-order valence-electron chi connectivity index (χ1n) is 13.3. The maximum Gasteiger partial charge on any atom is 0.254 e. The Hall–Kier alpha value is -4.00. The van der Waals surface area contributed by atoms with Crippen molar-refractivity contribution < 1.29 is 9.59 Å². The molecule has 2 aliphatic rings. The van der Waals surface area contributed by atoms with Gasteiger partial charge in [0.05, 0.1) is 5.92 Å². The van der Waals surface area contributed by atoms with Crippen molar-refractivity contribution >= 4 is 28.3 Å². The van der Waals surface area contributed by atoms with E-state index in [4.69, 9.17) is 0 Å². The van der Waals surface area contributed by atoms with Crippen molar-refractivity contribution in [3.63, 3.8) is 0 Å². The van der Waals surface area contributed by atoms with Gasteiger partial charge in [-0.05, 0) is 54.7 Å². The van der Waals surface area contributed by atoms with E-state index in [0.717, 1.165) is 72.3 Å². The highest BCUT2D eigenvalue weighted by Crippen LogP contribution is 2.27. The van der Waals surface area contributed by atoms with Gasteiger partial charge in [-0.15, -0.1) is 10.2 Å². The Kier molecular flexibility index (Phi) is 6.43. The molecule has 1 saturated heterocycles. The maximum atomic E-state index is 13.4. The molecule has 0 bridgehead atoms. The van der Waals surface area contributed by atoms with E-state index in [0.29, 0.717) is 18.7 Å². The monoisotopic (exact) mass is 493 g/mol. The standard InChI is InChI=1S/C30H31N5O2/c36-29(31-24-13-6-11-22(19-24)28-33-32-27-16-2-1-5-18-35(27)28)23-12-8-17-34(20-23)30(37)26-15-7-10-21-9-3-4-14-25(21)26/h3-4,6-7,9-11,13-15,19,23H,1-2,5,8,12,16-18,20H2,(H,31,36). The van der Waals surface area contributed by atoms with Gasteiger partial charge in [0.2, 0.25) is 5.91 Å². The SMILES string of the molecule is O=C(Nc1cccc(-c2nnc3n2CCCCC3)c1)C1CCCN(C(=O)c2cccc3ccccc23)C1. The van der Waals surface area contributed by atoms with E-state index in [-0.39, 0.29) is 17.7 Å². The number of nitrogens with zero attached hydrogens (tertiary/aromatic N) is 4. The van der Waals surface area contributed by atoms with E-state index in [1.165, 1.54) is 6.42 Å². The van der Waals surface area contributed by atoms with Crippen LogP contribution >= 0.6 is 0 Å². The molecule has 1 atom stereocenters. The molecule has 0 radical (unpaired) electrons. The molecular weight excluding hydrogens is 462 g/mol. The number of nitrogens with one attached hydrogen (secondary N) is 1. The number of piperidine rings is 1. The van der Waals surface area contributed by atoms with Gasteiger partial charge in [-0.3, -0.25) is 9.59 Å². The highest BCUT2D eigenvalue weighted by molar-refractivity contribution is 6.07. The second-order valence-electron chi connectivity index (χ2n) is 10.1. The molecule has 188 valence electrons. The van der Waals surface area contributed by atoms with Crippen LogP contribution in [0.25, 0.3) is 22.2 Å². The highest BCUT2D eigenvalue weighted by atomic mass is 16.2. The lowest BCUT2D eigenvalue weighted by atomic mass is 9.95. The fourth-order valence-electron chi connectivity index (χ4n) is 5.64. The Balaban J connectivity index is 1.17. The molecule has 1 N–H and O–H groups in total. The number of carbonyl (C=O) groups excluding carboxylic acids is 2. The summed E-state index contributed by atoms with van der Waals surface area (Å²) in [6, 6.07) is 21.6. The third-order valence-corrected chi connectivity index (χ3v) is 7.60. The van der Waals surface area contributed by atoms with E-state index in [2.05, 4.69) is 20.1 Å². The maximum absolute atomic E-state index is 13.4. The summed E-state index contributed by atoms with van der Waals surface area (Å²) in [5.74, 6) is 1.59. The molecule has 37 heavy (non-hydrogen) atoms. The summed E-state index contributed by atoms with van der Waals surface area (Å²) in [5.41, 5.74) is 2.39. The van der Waals surface area contributed by atoms with Crippen LogP contribution < -0.4 is 5.32 Å². The molecule has 0 saturated carbocycles. The van der Waals surface area contributed by atoms with Crippen LogP contribution in [0, 0.1) is 5.92 Å². The zero-order valence-electron chi connectivity index (χ0n) is 20.9. The van der Waals surface area contributed by atoms with E-state index in [1.807, 2.05) is 71.6 Å². The van der Waals surface area contributed by atoms with E-state index in [1.54, 1.807) is 0 Å². The minimum Gasteiger partial charge on any atom is -0.338 e. The molecule has 1 fully saturated rings. The zero-order chi connectivity index (χ0) is 25.2. The van der Waals surface area contributed by atoms with Crippen LogP contribution in [0.2, 0.25) is 0 Å². The smallest absolute Gasteiger partial charge is 0.254 e. The number of hydrogen-bond donors (Lipinski definition) is 1. The van der Waals surface area contributed by atoms with Crippen molar-refractivity contribution in [1.82, 2.24) is 19.7 Å². The number of likely N-dealkylation sites (tertiary alicyclic amines) is 1. The van der Waals surface area contributed by atoms with Gasteiger partial charge in [0.25, 0.3) is 5.91 Å². The predicted molar refractivity (Wildman–Crippen MR) is 144 cm³/mol. The molecule has 1 unspecified atom stereocenters. The van der Waals surface area contributed by atoms with Crippen LogP contribution in [0.15, 0.2) is 66.7 Å². The summed E-state index contributed by atoms with van der Waals surface area (Å²) >= 11 is 0. The lowest BCUT2D eigenvalue weighted by Crippen LogP contribution is -2.43. The van der Waals surface area contributed by atoms with Gasteiger partial charge in [0, 0.05) is 42.9 Å². The Labute approximate surface area is 216 Å². The third-order valence-electron chi connectivity index (χ3n) is 7.60. The average Bonchev–Trinajstić information content (AvgIpc) is 3.20. The summed E-state index contributed by atoms with van der Waals surface area (Å²) in [6.45, 7) is 2.02. The molecule has 6 rings (SSSR count). The minimum atomic E-state index is -0.249. The molecule has 3 aromatic carbocycles. The second-order valence-corrected chi connectivity index (χ2v) is 10.1. The van der Waals surface area contributed by atoms with Gasteiger partial charge in [-0.25, -0.2) is 0 Å². The third kappa shape index (κ3) is 4.73. The number of fused-ring (bicyclic) bond motifs is 2. The lowest BCUT2D eigenvalue weighted by molar-refractivity contribution is -0.121. The van der Waals surface area contributed by atoms with Crippen molar-refractivity contribution in [2.24, 2.45) is 5.92 Å². The number of rotatable bonds is 4. The molecule has 7 nitrogen and oxygen atoms in total. The first-order chi connectivity index (χ1) is 18.2. The zero-order valence-corrected chi connectivity index (χ0v) is 20.9. The Morgan fingerprint density at radius 1 is 0.865 bits per heavy atom. The molecule has 7 heteroatoms. The number of aromatic nitrogens is 3. The second kappa shape index (κ2) is 10.2. The van der Waals surface area contributed by atoms with Crippen LogP contribution in [0.4, 0.5) is 5.69 Å². The average molecular weight is 494 g/mol. The summed E-state index contributed by atoms with van der Waals surface area (Å²) in [4.78, 5) is 28.5. The molecule has 1 aromatic heterocycles. The topological polar surface area (TPSA) is 80.1 Å². The summed E-state index contributed by atoms with van der Waals surface area (Å²) in [6.07, 6.45) is 6.02. The van der Waals surface area contributed by atoms with Gasteiger partial charge in [-0.1, -0.05) is 55.0 Å². The fraction of sp³-hybridized carbons (Fsp3) is 0.333. The Morgan fingerprint density at radius 2 is 1.73 bits per heavy atom. The number of carbonyl (C=O) groups is 2. The number of aryl methyl sites for hydroxylation is 1. The lowest BCUT2D eigenvalue weighted by Gasteiger charge is -2.32. The van der Waals surface area contributed by atoms with Crippen molar-refractivity contribution in [2.75, 3.05) is 18.4 Å². The molecule has 2 aliphatic heterocycles. The number of amides is 2. The summed E-state index contributed by atoms with van der Waals surface area (Å²) < 4.78 is 2.21. The number of benzene rings is 3. The predicted octanol–water partition coefficient (Wildman–Crippen LogP) is 5.32. The van der Waals surface area contributed by atoms with Crippen LogP contribution in [0.3, 0.4) is 0 Å². The molecule has 2 amide bonds. The van der Waals surface area contributed by atoms with E-state index >= 15 is 0 Å². The van der Waals surface area contributed by atoms with Crippen molar-refractivity contribution in [3.8, 4) is 11.4 Å². The van der Waals surface area contributed by atoms with Crippen LogP contribution in [-0.4, -0.2) is 44.6 Å². The largest absolute Gasteiger partial charge is 0.338 e. The van der Waals surface area contributed by atoms with Crippen molar-refractivity contribution in [1.29, 1.82) is 0 Å². The fourth-order valence-corrected chi connectivity index (χ4v) is 5.64. The normalized spacial score (nSPS) is 17.7. The van der Waals surface area contributed by atoms with Gasteiger partial charge >= 0.3 is 0 Å². The van der Waals surface area contributed by atoms with E-state index in [9.17, 15) is 9.59 Å². The number of hydrogen-bond acceptors (Lipinski definition) is 4. The quantitative estimate of drug-likeness (QED) is 0.418. The highest BCUT2D eigenvalue weighted by Gasteiger charge is 2.29. The Bertz CT molecular complexity index is 1450. The van der Waals surface area contributed by atoms with E-state index < -0.39 is 0 Å². The van der Waals surface area contributed by atoms with Gasteiger partial charge in [0.1, 0.15) is 5.82 Å². The van der Waals surface area contributed by atoms with Crippen molar-refractivity contribution in [2.45, 2.75) is 45.1 Å². The molecule has 4 aromatic rings. The molecule has 0 aliphatic carbocycles. The Morgan fingerprint density at radius 3 is 2.68 bits per heavy atom. The summed E-state index contributed by atoms with van der Waals surface area (Å²) in [5, 5.41) is 14.0. The number of anilines is 1. The molecule has 0 spiro atoms. The van der Waals surface area contributed by atoms with Crippen LogP contribution in [0.1, 0.15) is 48.3 Å². The van der Waals surface area contributed by atoms with Gasteiger partial charge < -0.3 is 14.8 Å².